The van der Waals surface area contributed by atoms with Gasteiger partial charge < -0.3 is 9.47 Å². The molecule has 0 spiro atoms. The molecule has 182 valence electrons. The Morgan fingerprint density at radius 1 is 0.486 bits per heavy atom. The van der Waals surface area contributed by atoms with Gasteiger partial charge in [-0.05, 0) is 89.0 Å². The molecular formula is C35H30O2. The Balaban J connectivity index is 1.37. The second-order valence-corrected chi connectivity index (χ2v) is 11.2. The predicted octanol–water partition coefficient (Wildman–Crippen LogP) is 9.42. The van der Waals surface area contributed by atoms with Crippen molar-refractivity contribution in [3.8, 4) is 44.5 Å². The Hall–Kier alpha value is -3.72. The Labute approximate surface area is 218 Å². The smallest absolute Gasteiger partial charge is 0.185 e. The number of benzene rings is 5. The first kappa shape index (κ1) is 22.5. The van der Waals surface area contributed by atoms with Gasteiger partial charge in [0.15, 0.2) is 6.29 Å². The first-order valence-corrected chi connectivity index (χ1v) is 13.0. The summed E-state index contributed by atoms with van der Waals surface area (Å²) in [6.45, 7) is 8.44. The highest BCUT2D eigenvalue weighted by atomic mass is 16.7. The van der Waals surface area contributed by atoms with E-state index in [9.17, 15) is 0 Å². The van der Waals surface area contributed by atoms with Gasteiger partial charge in [-0.15, -0.1) is 0 Å². The third-order valence-electron chi connectivity index (χ3n) is 8.50. The molecule has 1 saturated heterocycles. The topological polar surface area (TPSA) is 18.5 Å². The SMILES string of the molecule is CC1(C)OC(c2ccc3c4c(cccc24)-c2cc(-c4ccccc4-c4ccccc4)ccc2-3)OC1(C)C. The molecule has 0 amide bonds. The van der Waals surface area contributed by atoms with E-state index in [2.05, 4.69) is 131 Å². The largest absolute Gasteiger partial charge is 0.339 e. The van der Waals surface area contributed by atoms with Crippen LogP contribution in [0.3, 0.4) is 0 Å². The molecule has 1 fully saturated rings. The lowest BCUT2D eigenvalue weighted by molar-refractivity contribution is -0.0885. The van der Waals surface area contributed by atoms with Crippen LogP contribution in [-0.2, 0) is 9.47 Å². The van der Waals surface area contributed by atoms with Crippen LogP contribution in [0, 0.1) is 0 Å². The number of ether oxygens (including phenoxy) is 2. The van der Waals surface area contributed by atoms with Gasteiger partial charge in [-0.3, -0.25) is 0 Å². The van der Waals surface area contributed by atoms with E-state index < -0.39 is 0 Å². The van der Waals surface area contributed by atoms with Crippen LogP contribution < -0.4 is 0 Å². The van der Waals surface area contributed by atoms with E-state index in [1.807, 2.05) is 0 Å². The van der Waals surface area contributed by atoms with Crippen molar-refractivity contribution in [1.29, 1.82) is 0 Å². The molecule has 2 nitrogen and oxygen atoms in total. The second kappa shape index (κ2) is 7.89. The van der Waals surface area contributed by atoms with Crippen molar-refractivity contribution in [3.63, 3.8) is 0 Å². The third-order valence-corrected chi connectivity index (χ3v) is 8.50. The molecule has 0 N–H and O–H groups in total. The van der Waals surface area contributed by atoms with E-state index in [0.717, 1.165) is 5.56 Å². The van der Waals surface area contributed by atoms with Crippen molar-refractivity contribution < 1.29 is 9.47 Å². The van der Waals surface area contributed by atoms with E-state index in [1.54, 1.807) is 0 Å². The van der Waals surface area contributed by atoms with Gasteiger partial charge in [0.05, 0.1) is 11.2 Å². The van der Waals surface area contributed by atoms with Crippen molar-refractivity contribution >= 4 is 10.8 Å². The molecule has 0 unspecified atom stereocenters. The van der Waals surface area contributed by atoms with Crippen molar-refractivity contribution in [2.24, 2.45) is 0 Å². The number of rotatable bonds is 3. The van der Waals surface area contributed by atoms with Gasteiger partial charge in [0.1, 0.15) is 0 Å². The average molecular weight is 483 g/mol. The highest BCUT2D eigenvalue weighted by molar-refractivity contribution is 6.16. The quantitative estimate of drug-likeness (QED) is 0.250. The Morgan fingerprint density at radius 3 is 1.81 bits per heavy atom. The van der Waals surface area contributed by atoms with Crippen LogP contribution in [0.25, 0.3) is 55.3 Å². The normalized spacial score (nSPS) is 17.3. The van der Waals surface area contributed by atoms with Gasteiger partial charge in [0.2, 0.25) is 0 Å². The molecule has 7 rings (SSSR count). The summed E-state index contributed by atoms with van der Waals surface area (Å²) in [5, 5.41) is 2.49. The monoisotopic (exact) mass is 482 g/mol. The molecule has 2 aliphatic rings. The fraction of sp³-hybridized carbons (Fsp3) is 0.200. The molecule has 1 heterocycles. The summed E-state index contributed by atoms with van der Waals surface area (Å²) in [6, 6.07) is 37.3. The molecule has 37 heavy (non-hydrogen) atoms. The Bertz CT molecular complexity index is 1660. The maximum atomic E-state index is 6.45. The van der Waals surface area contributed by atoms with E-state index in [-0.39, 0.29) is 17.5 Å². The highest BCUT2D eigenvalue weighted by Gasteiger charge is 2.50. The van der Waals surface area contributed by atoms with Crippen molar-refractivity contribution in [1.82, 2.24) is 0 Å². The minimum atomic E-state index is -0.383. The fourth-order valence-electron chi connectivity index (χ4n) is 5.83. The highest BCUT2D eigenvalue weighted by Crippen LogP contribution is 2.52. The van der Waals surface area contributed by atoms with Gasteiger partial charge in [0, 0.05) is 5.56 Å². The lowest BCUT2D eigenvalue weighted by atomic mass is 9.90. The summed E-state index contributed by atoms with van der Waals surface area (Å²) in [4.78, 5) is 0. The summed E-state index contributed by atoms with van der Waals surface area (Å²) in [6.07, 6.45) is -0.383. The van der Waals surface area contributed by atoms with Gasteiger partial charge in [-0.2, -0.15) is 0 Å². The van der Waals surface area contributed by atoms with Crippen LogP contribution in [0.2, 0.25) is 0 Å². The van der Waals surface area contributed by atoms with Gasteiger partial charge in [-0.25, -0.2) is 0 Å². The second-order valence-electron chi connectivity index (χ2n) is 11.2. The maximum absolute atomic E-state index is 6.45. The zero-order chi connectivity index (χ0) is 25.4. The van der Waals surface area contributed by atoms with E-state index in [0.29, 0.717) is 0 Å². The van der Waals surface area contributed by atoms with Gasteiger partial charge >= 0.3 is 0 Å². The van der Waals surface area contributed by atoms with Crippen LogP contribution in [0.15, 0.2) is 103 Å². The lowest BCUT2D eigenvalue weighted by Gasteiger charge is -2.30. The minimum Gasteiger partial charge on any atom is -0.339 e. The summed E-state index contributed by atoms with van der Waals surface area (Å²) in [7, 11) is 0. The molecule has 5 aromatic rings. The minimum absolute atomic E-state index is 0.371. The van der Waals surface area contributed by atoms with Crippen molar-refractivity contribution in [2.75, 3.05) is 0 Å². The molecule has 2 heteroatoms. The van der Waals surface area contributed by atoms with Gasteiger partial charge in [-0.1, -0.05) is 97.1 Å². The van der Waals surface area contributed by atoms with Gasteiger partial charge in [0.25, 0.3) is 0 Å². The van der Waals surface area contributed by atoms with Crippen molar-refractivity contribution in [3.05, 3.63) is 109 Å². The fourth-order valence-corrected chi connectivity index (χ4v) is 5.83. The zero-order valence-corrected chi connectivity index (χ0v) is 21.7. The molecule has 1 aliphatic carbocycles. The molecule has 0 saturated carbocycles. The molecule has 0 radical (unpaired) electrons. The van der Waals surface area contributed by atoms with Crippen LogP contribution in [0.1, 0.15) is 39.5 Å². The summed E-state index contributed by atoms with van der Waals surface area (Å²) < 4.78 is 12.9. The van der Waals surface area contributed by atoms with E-state index in [1.165, 1.54) is 55.3 Å². The molecule has 5 aromatic carbocycles. The molecule has 1 aliphatic heterocycles. The summed E-state index contributed by atoms with van der Waals surface area (Å²) >= 11 is 0. The Morgan fingerprint density at radius 2 is 1.08 bits per heavy atom. The Kier molecular flexibility index (Phi) is 4.79. The first-order valence-electron chi connectivity index (χ1n) is 13.0. The summed E-state index contributed by atoms with van der Waals surface area (Å²) in [5.74, 6) is 0. The lowest BCUT2D eigenvalue weighted by Crippen LogP contribution is -2.41. The van der Waals surface area contributed by atoms with Crippen LogP contribution >= 0.6 is 0 Å². The molecule has 0 aromatic heterocycles. The average Bonchev–Trinajstić information content (AvgIpc) is 3.34. The van der Waals surface area contributed by atoms with Crippen LogP contribution in [0.4, 0.5) is 0 Å². The maximum Gasteiger partial charge on any atom is 0.185 e. The predicted molar refractivity (Wildman–Crippen MR) is 152 cm³/mol. The zero-order valence-electron chi connectivity index (χ0n) is 21.7. The molecule has 0 atom stereocenters. The number of fused-ring (bicyclic) bond motifs is 3. The standard InChI is InChI=1S/C35H30O2/c1-34(2)35(3,4)37-33(36-34)30-20-19-29-26-18-17-23(21-31(26)28-16-10-15-27(30)32(28)29)25-14-9-8-13-24(25)22-11-6-5-7-12-22/h5-21,33H,1-4H3. The first-order chi connectivity index (χ1) is 17.8. The third kappa shape index (κ3) is 3.33. The van der Waals surface area contributed by atoms with E-state index >= 15 is 0 Å². The number of hydrogen-bond acceptors (Lipinski definition) is 2. The number of hydrogen-bond donors (Lipinski definition) is 0. The van der Waals surface area contributed by atoms with Crippen LogP contribution in [-0.4, -0.2) is 11.2 Å². The molecule has 0 bridgehead atoms. The summed E-state index contributed by atoms with van der Waals surface area (Å²) in [5.41, 5.74) is 10.4. The van der Waals surface area contributed by atoms with Crippen molar-refractivity contribution in [2.45, 2.75) is 45.2 Å². The van der Waals surface area contributed by atoms with Crippen LogP contribution in [0.5, 0.6) is 0 Å². The molecular weight excluding hydrogens is 452 g/mol. The van der Waals surface area contributed by atoms with E-state index in [4.69, 9.17) is 9.47 Å².